The standard InChI is InChI=1S/C17H24N2O2/c1-9-12-6-5-11-14(17(12,2)8-7-13(9)20)18-15(10-3-4-10)19-16(11)21/h9-10,12-13,20H,3-8H2,1-2H3,(H,18,19,21)/t9-,12-,13?,17-/m0/s1. The molecule has 0 saturated heterocycles. The van der Waals surface area contributed by atoms with Gasteiger partial charge in [0, 0.05) is 16.9 Å². The zero-order valence-corrected chi connectivity index (χ0v) is 12.8. The minimum Gasteiger partial charge on any atom is -0.493 e. The topological polar surface area (TPSA) is 66.2 Å². The molecule has 0 amide bonds. The van der Waals surface area contributed by atoms with Gasteiger partial charge < -0.3 is 10.2 Å². The van der Waals surface area contributed by atoms with Gasteiger partial charge in [-0.25, -0.2) is 4.98 Å². The summed E-state index contributed by atoms with van der Waals surface area (Å²) in [6.07, 6.45) is 5.74. The molecule has 0 bridgehead atoms. The lowest BCUT2D eigenvalue weighted by Gasteiger charge is -2.50. The summed E-state index contributed by atoms with van der Waals surface area (Å²) in [5.74, 6) is 2.26. The number of aromatic nitrogens is 2. The van der Waals surface area contributed by atoms with Crippen LogP contribution in [0.5, 0.6) is 5.88 Å². The summed E-state index contributed by atoms with van der Waals surface area (Å²) in [7, 11) is 0. The van der Waals surface area contributed by atoms with Crippen LogP contribution >= 0.6 is 0 Å². The molecule has 2 saturated carbocycles. The van der Waals surface area contributed by atoms with Crippen molar-refractivity contribution in [1.82, 2.24) is 9.97 Å². The second-order valence-electron chi connectivity index (χ2n) is 7.53. The van der Waals surface area contributed by atoms with Crippen LogP contribution in [-0.2, 0) is 11.8 Å². The van der Waals surface area contributed by atoms with Gasteiger partial charge in [0.1, 0.15) is 5.82 Å². The first-order chi connectivity index (χ1) is 10.0. The van der Waals surface area contributed by atoms with Crippen molar-refractivity contribution >= 4 is 0 Å². The van der Waals surface area contributed by atoms with E-state index in [1.54, 1.807) is 0 Å². The number of rotatable bonds is 1. The van der Waals surface area contributed by atoms with Gasteiger partial charge in [-0.1, -0.05) is 13.8 Å². The third-order valence-corrected chi connectivity index (χ3v) is 6.21. The molecular weight excluding hydrogens is 264 g/mol. The highest BCUT2D eigenvalue weighted by molar-refractivity contribution is 5.39. The van der Waals surface area contributed by atoms with Crippen LogP contribution in [0.4, 0.5) is 0 Å². The Labute approximate surface area is 125 Å². The minimum absolute atomic E-state index is 0.0176. The first-order valence-electron chi connectivity index (χ1n) is 8.29. The first-order valence-corrected chi connectivity index (χ1v) is 8.29. The van der Waals surface area contributed by atoms with E-state index in [0.717, 1.165) is 55.6 Å². The van der Waals surface area contributed by atoms with E-state index in [1.165, 1.54) is 0 Å². The fourth-order valence-electron chi connectivity index (χ4n) is 4.64. The number of aliphatic hydroxyl groups is 1. The summed E-state index contributed by atoms with van der Waals surface area (Å²) in [6.45, 7) is 4.45. The summed E-state index contributed by atoms with van der Waals surface area (Å²) >= 11 is 0. The van der Waals surface area contributed by atoms with Gasteiger partial charge >= 0.3 is 0 Å². The predicted molar refractivity (Wildman–Crippen MR) is 79.2 cm³/mol. The van der Waals surface area contributed by atoms with Crippen LogP contribution in [0.2, 0.25) is 0 Å². The molecule has 2 fully saturated rings. The van der Waals surface area contributed by atoms with Crippen molar-refractivity contribution in [2.45, 2.75) is 69.8 Å². The van der Waals surface area contributed by atoms with Gasteiger partial charge in [0.25, 0.3) is 0 Å². The van der Waals surface area contributed by atoms with Crippen molar-refractivity contribution in [3.8, 4) is 5.88 Å². The summed E-state index contributed by atoms with van der Waals surface area (Å²) in [5, 5.41) is 20.5. The number of aromatic hydroxyl groups is 1. The molecule has 4 atom stereocenters. The van der Waals surface area contributed by atoms with Crippen molar-refractivity contribution in [3.05, 3.63) is 17.1 Å². The number of fused-ring (bicyclic) bond motifs is 3. The molecule has 0 spiro atoms. The summed E-state index contributed by atoms with van der Waals surface area (Å²) < 4.78 is 0. The number of nitrogens with zero attached hydrogens (tertiary/aromatic N) is 2. The molecule has 0 radical (unpaired) electrons. The van der Waals surface area contributed by atoms with Gasteiger partial charge in [-0.05, 0) is 50.4 Å². The fraction of sp³-hybridized carbons (Fsp3) is 0.765. The van der Waals surface area contributed by atoms with E-state index in [2.05, 4.69) is 18.8 Å². The van der Waals surface area contributed by atoms with Gasteiger partial charge in [-0.2, -0.15) is 4.98 Å². The van der Waals surface area contributed by atoms with E-state index in [-0.39, 0.29) is 17.4 Å². The molecule has 4 nitrogen and oxygen atoms in total. The van der Waals surface area contributed by atoms with Crippen LogP contribution in [0.15, 0.2) is 0 Å². The van der Waals surface area contributed by atoms with Gasteiger partial charge in [-0.3, -0.25) is 0 Å². The molecule has 2 N–H and O–H groups in total. The van der Waals surface area contributed by atoms with Crippen LogP contribution in [0.1, 0.15) is 69.0 Å². The lowest BCUT2D eigenvalue weighted by atomic mass is 9.56. The maximum atomic E-state index is 10.3. The van der Waals surface area contributed by atoms with E-state index in [0.29, 0.717) is 17.8 Å². The Bertz CT molecular complexity index is 584. The molecule has 0 aromatic carbocycles. The van der Waals surface area contributed by atoms with Crippen LogP contribution in [0.25, 0.3) is 0 Å². The Kier molecular flexibility index (Phi) is 2.84. The van der Waals surface area contributed by atoms with Gasteiger partial charge in [0.05, 0.1) is 11.8 Å². The SMILES string of the molecule is C[C@@H]1C(O)CC[C@]2(C)c3nc(C4CC4)nc(O)c3CC[C@@H]12. The number of aliphatic hydroxyl groups excluding tert-OH is 1. The summed E-state index contributed by atoms with van der Waals surface area (Å²) in [5.41, 5.74) is 2.02. The van der Waals surface area contributed by atoms with Gasteiger partial charge in [0.2, 0.25) is 5.88 Å². The molecule has 4 rings (SSSR count). The molecule has 3 aliphatic rings. The Morgan fingerprint density at radius 1 is 1.14 bits per heavy atom. The van der Waals surface area contributed by atoms with Crippen LogP contribution in [0, 0.1) is 11.8 Å². The lowest BCUT2D eigenvalue weighted by molar-refractivity contribution is -0.00916. The largest absolute Gasteiger partial charge is 0.493 e. The zero-order chi connectivity index (χ0) is 14.8. The quantitative estimate of drug-likeness (QED) is 0.834. The maximum Gasteiger partial charge on any atom is 0.217 e. The molecule has 1 aromatic heterocycles. The average molecular weight is 288 g/mol. The summed E-state index contributed by atoms with van der Waals surface area (Å²) in [4.78, 5) is 9.25. The fourth-order valence-corrected chi connectivity index (χ4v) is 4.64. The lowest BCUT2D eigenvalue weighted by Crippen LogP contribution is -2.48. The van der Waals surface area contributed by atoms with Crippen molar-refractivity contribution in [2.24, 2.45) is 11.8 Å². The Balaban J connectivity index is 1.83. The second-order valence-corrected chi connectivity index (χ2v) is 7.53. The van der Waals surface area contributed by atoms with E-state index in [9.17, 15) is 10.2 Å². The van der Waals surface area contributed by atoms with Crippen LogP contribution in [0.3, 0.4) is 0 Å². The van der Waals surface area contributed by atoms with E-state index in [1.807, 2.05) is 0 Å². The van der Waals surface area contributed by atoms with Gasteiger partial charge in [-0.15, -0.1) is 0 Å². The predicted octanol–water partition coefficient (Wildman–Crippen LogP) is 2.67. The molecule has 1 heterocycles. The van der Waals surface area contributed by atoms with Crippen molar-refractivity contribution in [3.63, 3.8) is 0 Å². The average Bonchev–Trinajstić information content (AvgIpc) is 3.28. The zero-order valence-electron chi connectivity index (χ0n) is 12.8. The van der Waals surface area contributed by atoms with Crippen molar-refractivity contribution in [2.75, 3.05) is 0 Å². The molecule has 0 aliphatic heterocycles. The van der Waals surface area contributed by atoms with Crippen LogP contribution in [-0.4, -0.2) is 26.3 Å². The molecule has 114 valence electrons. The molecular formula is C17H24N2O2. The molecule has 4 heteroatoms. The monoisotopic (exact) mass is 288 g/mol. The summed E-state index contributed by atoms with van der Waals surface area (Å²) in [6, 6.07) is 0. The molecule has 1 aromatic rings. The number of hydrogen-bond acceptors (Lipinski definition) is 4. The van der Waals surface area contributed by atoms with Gasteiger partial charge in [0.15, 0.2) is 0 Å². The first kappa shape index (κ1) is 13.5. The Hall–Kier alpha value is -1.16. The molecule has 3 aliphatic carbocycles. The highest BCUT2D eigenvalue weighted by Crippen LogP contribution is 2.53. The smallest absolute Gasteiger partial charge is 0.217 e. The van der Waals surface area contributed by atoms with Crippen LogP contribution < -0.4 is 0 Å². The molecule has 1 unspecified atom stereocenters. The Morgan fingerprint density at radius 3 is 2.62 bits per heavy atom. The molecule has 21 heavy (non-hydrogen) atoms. The minimum atomic E-state index is -0.192. The van der Waals surface area contributed by atoms with E-state index >= 15 is 0 Å². The highest BCUT2D eigenvalue weighted by atomic mass is 16.3. The normalized spacial score (nSPS) is 38.7. The van der Waals surface area contributed by atoms with E-state index < -0.39 is 0 Å². The maximum absolute atomic E-state index is 10.3. The van der Waals surface area contributed by atoms with Crippen molar-refractivity contribution in [1.29, 1.82) is 0 Å². The third kappa shape index (κ3) is 1.91. The number of hydrogen-bond donors (Lipinski definition) is 2. The van der Waals surface area contributed by atoms with Crippen molar-refractivity contribution < 1.29 is 10.2 Å². The van der Waals surface area contributed by atoms with E-state index in [4.69, 9.17) is 4.98 Å². The Morgan fingerprint density at radius 2 is 1.90 bits per heavy atom. The third-order valence-electron chi connectivity index (χ3n) is 6.21. The highest BCUT2D eigenvalue weighted by Gasteiger charge is 2.50. The second kappa shape index (κ2) is 4.42.